The van der Waals surface area contributed by atoms with Gasteiger partial charge in [0.05, 0.1) is 30.5 Å². The van der Waals surface area contributed by atoms with Crippen LogP contribution >= 0.6 is 0 Å². The predicted octanol–water partition coefficient (Wildman–Crippen LogP) is 3.00. The molecular formula is C24H27N3O3. The standard InChI is InChI=1S/C24H27N3O3/c28-23-15-19(16-27(23)20-9-8-17-4-3-5-18(17)14-20)24(29)25-21-6-1-2-7-22(21)26-10-12-30-13-11-26/h1-2,6-9,14,19H,3-5,10-13,15-16H2,(H,25,29). The topological polar surface area (TPSA) is 61.9 Å². The van der Waals surface area contributed by atoms with Crippen LogP contribution in [-0.2, 0) is 27.2 Å². The number of ether oxygens (including phenoxy) is 1. The van der Waals surface area contributed by atoms with Gasteiger partial charge in [0.15, 0.2) is 0 Å². The van der Waals surface area contributed by atoms with Gasteiger partial charge in [-0.05, 0) is 54.7 Å². The Morgan fingerprint density at radius 2 is 1.83 bits per heavy atom. The molecular weight excluding hydrogens is 378 g/mol. The Hall–Kier alpha value is -2.86. The summed E-state index contributed by atoms with van der Waals surface area (Å²) in [5, 5.41) is 3.08. The lowest BCUT2D eigenvalue weighted by Gasteiger charge is -2.30. The number of hydrogen-bond donors (Lipinski definition) is 1. The molecule has 2 aliphatic heterocycles. The van der Waals surface area contributed by atoms with Crippen molar-refractivity contribution in [3.63, 3.8) is 0 Å². The minimum atomic E-state index is -0.344. The third-order valence-electron chi connectivity index (χ3n) is 6.40. The van der Waals surface area contributed by atoms with E-state index in [0.717, 1.165) is 43.0 Å². The number of amides is 2. The molecule has 1 atom stereocenters. The second kappa shape index (κ2) is 8.11. The van der Waals surface area contributed by atoms with E-state index < -0.39 is 0 Å². The van der Waals surface area contributed by atoms with Gasteiger partial charge in [-0.1, -0.05) is 18.2 Å². The number of aryl methyl sites for hydroxylation is 2. The summed E-state index contributed by atoms with van der Waals surface area (Å²) in [6.45, 7) is 3.43. The molecule has 2 saturated heterocycles. The number of carbonyl (C=O) groups is 2. The summed E-state index contributed by atoms with van der Waals surface area (Å²) in [4.78, 5) is 29.7. The molecule has 1 aliphatic carbocycles. The summed E-state index contributed by atoms with van der Waals surface area (Å²) in [5.74, 6) is -0.411. The Kier molecular flexibility index (Phi) is 5.17. The zero-order chi connectivity index (χ0) is 20.5. The van der Waals surface area contributed by atoms with Crippen LogP contribution in [-0.4, -0.2) is 44.7 Å². The molecule has 2 aromatic rings. The van der Waals surface area contributed by atoms with Crippen LogP contribution in [0.3, 0.4) is 0 Å². The monoisotopic (exact) mass is 405 g/mol. The third-order valence-corrected chi connectivity index (χ3v) is 6.40. The van der Waals surface area contributed by atoms with E-state index >= 15 is 0 Å². The van der Waals surface area contributed by atoms with Gasteiger partial charge in [0, 0.05) is 31.7 Å². The van der Waals surface area contributed by atoms with E-state index in [0.29, 0.717) is 19.8 Å². The predicted molar refractivity (Wildman–Crippen MR) is 117 cm³/mol. The SMILES string of the molecule is O=C(Nc1ccccc1N1CCOCC1)C1CC(=O)N(c2ccc3c(c2)CCC3)C1. The molecule has 30 heavy (non-hydrogen) atoms. The van der Waals surface area contributed by atoms with Crippen LogP contribution in [0, 0.1) is 5.92 Å². The zero-order valence-electron chi connectivity index (χ0n) is 17.1. The quantitative estimate of drug-likeness (QED) is 0.850. The van der Waals surface area contributed by atoms with Crippen LogP contribution < -0.4 is 15.1 Å². The molecule has 2 aromatic carbocycles. The molecule has 156 valence electrons. The minimum absolute atomic E-state index is 0.0227. The van der Waals surface area contributed by atoms with Gasteiger partial charge < -0.3 is 19.9 Å². The van der Waals surface area contributed by atoms with E-state index in [1.807, 2.05) is 30.3 Å². The van der Waals surface area contributed by atoms with Gasteiger partial charge in [-0.2, -0.15) is 0 Å². The first kappa shape index (κ1) is 19.1. The summed E-state index contributed by atoms with van der Waals surface area (Å²) >= 11 is 0. The van der Waals surface area contributed by atoms with Crippen molar-refractivity contribution in [2.24, 2.45) is 5.92 Å². The van der Waals surface area contributed by atoms with Crippen molar-refractivity contribution in [2.45, 2.75) is 25.7 Å². The average molecular weight is 405 g/mol. The maximum atomic E-state index is 13.0. The van der Waals surface area contributed by atoms with E-state index in [4.69, 9.17) is 4.74 Å². The lowest BCUT2D eigenvalue weighted by atomic mass is 10.1. The molecule has 1 unspecified atom stereocenters. The number of anilines is 3. The van der Waals surface area contributed by atoms with Crippen LogP contribution in [0.1, 0.15) is 24.0 Å². The highest BCUT2D eigenvalue weighted by Crippen LogP contribution is 2.32. The Bertz CT molecular complexity index is 968. The first-order valence-electron chi connectivity index (χ1n) is 10.8. The first-order chi connectivity index (χ1) is 14.7. The number of carbonyl (C=O) groups excluding carboxylic acids is 2. The summed E-state index contributed by atoms with van der Waals surface area (Å²) in [6, 6.07) is 14.2. The molecule has 0 saturated carbocycles. The zero-order valence-corrected chi connectivity index (χ0v) is 17.1. The Morgan fingerprint density at radius 1 is 1.03 bits per heavy atom. The maximum Gasteiger partial charge on any atom is 0.229 e. The number of nitrogens with zero attached hydrogens (tertiary/aromatic N) is 2. The number of benzene rings is 2. The summed E-state index contributed by atoms with van der Waals surface area (Å²) in [5.41, 5.74) is 5.46. The number of rotatable bonds is 4. The highest BCUT2D eigenvalue weighted by atomic mass is 16.5. The van der Waals surface area contributed by atoms with E-state index in [1.165, 1.54) is 17.5 Å². The Balaban J connectivity index is 1.29. The number of nitrogens with one attached hydrogen (secondary N) is 1. The van der Waals surface area contributed by atoms with Crippen LogP contribution in [0.2, 0.25) is 0 Å². The van der Waals surface area contributed by atoms with Crippen molar-refractivity contribution >= 4 is 28.9 Å². The fraction of sp³-hybridized carbons (Fsp3) is 0.417. The smallest absolute Gasteiger partial charge is 0.229 e. The molecule has 0 aromatic heterocycles. The van der Waals surface area contributed by atoms with Crippen LogP contribution in [0.15, 0.2) is 42.5 Å². The van der Waals surface area contributed by atoms with Crippen LogP contribution in [0.25, 0.3) is 0 Å². The second-order valence-electron chi connectivity index (χ2n) is 8.32. The molecule has 6 heteroatoms. The molecule has 0 spiro atoms. The first-order valence-corrected chi connectivity index (χ1v) is 10.8. The number of para-hydroxylation sites is 2. The van der Waals surface area contributed by atoms with Crippen molar-refractivity contribution < 1.29 is 14.3 Å². The van der Waals surface area contributed by atoms with Gasteiger partial charge in [0.2, 0.25) is 11.8 Å². The van der Waals surface area contributed by atoms with Crippen molar-refractivity contribution in [1.29, 1.82) is 0 Å². The number of fused-ring (bicyclic) bond motifs is 1. The van der Waals surface area contributed by atoms with E-state index in [1.54, 1.807) is 4.90 Å². The summed E-state index contributed by atoms with van der Waals surface area (Å²) in [7, 11) is 0. The van der Waals surface area contributed by atoms with Gasteiger partial charge in [-0.15, -0.1) is 0 Å². The van der Waals surface area contributed by atoms with Gasteiger partial charge >= 0.3 is 0 Å². The van der Waals surface area contributed by atoms with E-state index in [-0.39, 0.29) is 24.2 Å². The highest BCUT2D eigenvalue weighted by Gasteiger charge is 2.35. The van der Waals surface area contributed by atoms with Gasteiger partial charge in [0.1, 0.15) is 0 Å². The molecule has 2 fully saturated rings. The lowest BCUT2D eigenvalue weighted by Crippen LogP contribution is -2.37. The van der Waals surface area contributed by atoms with Crippen molar-refractivity contribution in [3.8, 4) is 0 Å². The third kappa shape index (κ3) is 3.67. The van der Waals surface area contributed by atoms with Crippen LogP contribution in [0.5, 0.6) is 0 Å². The molecule has 2 amide bonds. The molecule has 5 rings (SSSR count). The fourth-order valence-electron chi connectivity index (χ4n) is 4.75. The van der Waals surface area contributed by atoms with Gasteiger partial charge in [-0.3, -0.25) is 9.59 Å². The maximum absolute atomic E-state index is 13.0. The second-order valence-corrected chi connectivity index (χ2v) is 8.32. The average Bonchev–Trinajstić information content (AvgIpc) is 3.40. The highest BCUT2D eigenvalue weighted by molar-refractivity contribution is 6.04. The molecule has 6 nitrogen and oxygen atoms in total. The number of morpholine rings is 1. The normalized spacial score (nSPS) is 21.1. The molecule has 1 N–H and O–H groups in total. The van der Waals surface area contributed by atoms with Crippen molar-refractivity contribution in [3.05, 3.63) is 53.6 Å². The van der Waals surface area contributed by atoms with E-state index in [2.05, 4.69) is 22.3 Å². The molecule has 3 aliphatic rings. The molecule has 0 radical (unpaired) electrons. The Labute approximate surface area is 176 Å². The summed E-state index contributed by atoms with van der Waals surface area (Å²) < 4.78 is 5.44. The lowest BCUT2D eigenvalue weighted by molar-refractivity contribution is -0.122. The van der Waals surface area contributed by atoms with Crippen molar-refractivity contribution in [1.82, 2.24) is 0 Å². The fourth-order valence-corrected chi connectivity index (χ4v) is 4.75. The van der Waals surface area contributed by atoms with Gasteiger partial charge in [0.25, 0.3) is 0 Å². The Morgan fingerprint density at radius 3 is 2.70 bits per heavy atom. The summed E-state index contributed by atoms with van der Waals surface area (Å²) in [6.07, 6.45) is 3.63. The molecule has 0 bridgehead atoms. The molecule has 2 heterocycles. The minimum Gasteiger partial charge on any atom is -0.378 e. The number of hydrogen-bond acceptors (Lipinski definition) is 4. The largest absolute Gasteiger partial charge is 0.378 e. The van der Waals surface area contributed by atoms with E-state index in [9.17, 15) is 9.59 Å². The van der Waals surface area contributed by atoms with Gasteiger partial charge in [-0.25, -0.2) is 0 Å². The van der Waals surface area contributed by atoms with Crippen LogP contribution in [0.4, 0.5) is 17.1 Å². The van der Waals surface area contributed by atoms with Crippen molar-refractivity contribution in [2.75, 3.05) is 48.0 Å².